The van der Waals surface area contributed by atoms with E-state index in [2.05, 4.69) is 0 Å². The van der Waals surface area contributed by atoms with Crippen molar-refractivity contribution in [1.82, 2.24) is 0 Å². The van der Waals surface area contributed by atoms with Crippen molar-refractivity contribution in [3.05, 3.63) is 6.42 Å². The molecule has 0 aromatic rings. The Morgan fingerprint density at radius 3 is 1.75 bits per heavy atom. The van der Waals surface area contributed by atoms with Crippen LogP contribution in [0.3, 0.4) is 0 Å². The van der Waals surface area contributed by atoms with Crippen LogP contribution < -0.4 is 0 Å². The molecule has 0 aliphatic heterocycles. The summed E-state index contributed by atoms with van der Waals surface area (Å²) in [4.78, 5) is 0. The second-order valence-corrected chi connectivity index (χ2v) is 0.250. The normalized spacial score (nSPS) is 2.00. The van der Waals surface area contributed by atoms with Crippen LogP contribution in [-0.4, -0.2) is 0 Å². The van der Waals surface area contributed by atoms with Gasteiger partial charge in [-0.05, 0) is 6.92 Å². The smallest absolute Gasteiger partial charge is 0.694 e. The van der Waals surface area contributed by atoms with E-state index in [0.717, 1.165) is 0 Å². The van der Waals surface area contributed by atoms with Crippen LogP contribution in [0.5, 0.6) is 0 Å². The molecule has 1 heteroatoms. The molecule has 0 nitrogen and oxygen atoms in total. The van der Waals surface area contributed by atoms with E-state index >= 15 is 0 Å². The maximum Gasteiger partial charge on any atom is 2.00 e. The predicted octanol–water partition coefficient (Wildman–Crippen LogP) is 0.594. The molecular formula is C3H3V+. The molecule has 0 saturated carbocycles. The van der Waals surface area contributed by atoms with Crippen molar-refractivity contribution in [3.63, 3.8) is 0 Å². The standard InChI is InChI=1S/C3H3.V/c1-3-2;/h1H3;/q-1;+2. The van der Waals surface area contributed by atoms with Crippen LogP contribution in [0.1, 0.15) is 6.92 Å². The average molecular weight is 90.0 g/mol. The molecule has 0 spiro atoms. The second kappa shape index (κ2) is 11.0. The third kappa shape index (κ3) is 135. The van der Waals surface area contributed by atoms with Gasteiger partial charge in [0.2, 0.25) is 0 Å². The fourth-order valence-corrected chi connectivity index (χ4v) is 0. The fraction of sp³-hybridized carbons (Fsp3) is 0.333. The van der Waals surface area contributed by atoms with E-state index in [0.29, 0.717) is 0 Å². The van der Waals surface area contributed by atoms with Gasteiger partial charge in [-0.1, -0.05) is 0 Å². The predicted molar refractivity (Wildman–Crippen MR) is 12.8 cm³/mol. The van der Waals surface area contributed by atoms with E-state index in [1.54, 1.807) is 6.92 Å². The van der Waals surface area contributed by atoms with Gasteiger partial charge in [-0.15, -0.1) is 0 Å². The van der Waals surface area contributed by atoms with Crippen molar-refractivity contribution in [2.24, 2.45) is 0 Å². The van der Waals surface area contributed by atoms with Gasteiger partial charge < -0.3 is 12.3 Å². The van der Waals surface area contributed by atoms with E-state index in [1.165, 1.54) is 0 Å². The number of hydrogen-bond donors (Lipinski definition) is 0. The molecule has 0 bridgehead atoms. The van der Waals surface area contributed by atoms with E-state index in [1.807, 2.05) is 5.92 Å². The first-order valence-corrected chi connectivity index (χ1v) is 0.750. The van der Waals surface area contributed by atoms with Gasteiger partial charge in [0.1, 0.15) is 0 Å². The Morgan fingerprint density at radius 1 is 1.75 bits per heavy atom. The number of hydrogen-bond acceptors (Lipinski definition) is 0. The van der Waals surface area contributed by atoms with Crippen molar-refractivity contribution in [1.29, 1.82) is 0 Å². The molecule has 0 unspecified atom stereocenters. The molecule has 0 fully saturated rings. The monoisotopic (exact) mass is 90.0 g/mol. The van der Waals surface area contributed by atoms with Gasteiger partial charge >= 0.3 is 18.6 Å². The maximum atomic E-state index is 5.96. The van der Waals surface area contributed by atoms with Crippen LogP contribution in [0.25, 0.3) is 0 Å². The summed E-state index contributed by atoms with van der Waals surface area (Å²) in [5.41, 5.74) is 0. The molecule has 0 heterocycles. The summed E-state index contributed by atoms with van der Waals surface area (Å²) in [6.45, 7) is 1.54. The second-order valence-electron chi connectivity index (χ2n) is 0.250. The molecule has 0 atom stereocenters. The molecule has 0 aromatic heterocycles. The van der Waals surface area contributed by atoms with Gasteiger partial charge in [-0.2, -0.15) is 0 Å². The summed E-state index contributed by atoms with van der Waals surface area (Å²) >= 11 is 0. The van der Waals surface area contributed by atoms with Crippen molar-refractivity contribution < 1.29 is 18.6 Å². The average Bonchev–Trinajstić information content (AvgIpc) is 0.918. The van der Waals surface area contributed by atoms with Crippen LogP contribution in [-0.2, 0) is 18.6 Å². The Morgan fingerprint density at radius 2 is 1.75 bits per heavy atom. The third-order valence-corrected chi connectivity index (χ3v) is 0. The molecule has 4 heavy (non-hydrogen) atoms. The Labute approximate surface area is 38.5 Å². The minimum absolute atomic E-state index is 0. The molecule has 0 rings (SSSR count). The van der Waals surface area contributed by atoms with E-state index in [4.69, 9.17) is 6.42 Å². The zero-order valence-corrected chi connectivity index (χ0v) is 3.84. The first-order chi connectivity index (χ1) is 1.41. The van der Waals surface area contributed by atoms with E-state index < -0.39 is 0 Å². The van der Waals surface area contributed by atoms with Crippen molar-refractivity contribution in [2.45, 2.75) is 6.92 Å². The Kier molecular flexibility index (Phi) is 24.6. The van der Waals surface area contributed by atoms with Gasteiger partial charge in [0, 0.05) is 0 Å². The van der Waals surface area contributed by atoms with Crippen LogP contribution >= 0.6 is 0 Å². The van der Waals surface area contributed by atoms with E-state index in [9.17, 15) is 0 Å². The summed E-state index contributed by atoms with van der Waals surface area (Å²) in [5, 5.41) is 0. The van der Waals surface area contributed by atoms with E-state index in [-0.39, 0.29) is 18.6 Å². The van der Waals surface area contributed by atoms with Crippen LogP contribution in [0, 0.1) is 12.3 Å². The fourth-order valence-electron chi connectivity index (χ4n) is 0. The van der Waals surface area contributed by atoms with Gasteiger partial charge in [0.05, 0.1) is 0 Å². The molecule has 0 amide bonds. The quantitative estimate of drug-likeness (QED) is 0.301. The van der Waals surface area contributed by atoms with Gasteiger partial charge in [-0.3, -0.25) is 0 Å². The maximum absolute atomic E-state index is 5.96. The Hall–Kier alpha value is 0.144. The largest absolute Gasteiger partial charge is 2.00 e. The molecule has 0 N–H and O–H groups in total. The first-order valence-electron chi connectivity index (χ1n) is 0.750. The topological polar surface area (TPSA) is 0 Å². The molecule has 19 valence electrons. The van der Waals surface area contributed by atoms with Crippen molar-refractivity contribution in [2.75, 3.05) is 0 Å². The van der Waals surface area contributed by atoms with Gasteiger partial charge in [-0.25, -0.2) is 0 Å². The van der Waals surface area contributed by atoms with Crippen LogP contribution in [0.15, 0.2) is 0 Å². The van der Waals surface area contributed by atoms with Crippen LogP contribution in [0.2, 0.25) is 0 Å². The summed E-state index contributed by atoms with van der Waals surface area (Å²) < 4.78 is 0. The minimum atomic E-state index is 0. The zero-order chi connectivity index (χ0) is 2.71. The van der Waals surface area contributed by atoms with Gasteiger partial charge in [0.25, 0.3) is 0 Å². The molecular weight excluding hydrogens is 87.0 g/mol. The summed E-state index contributed by atoms with van der Waals surface area (Å²) in [6.07, 6.45) is 5.96. The summed E-state index contributed by atoms with van der Waals surface area (Å²) in [6, 6.07) is 0. The molecule has 1 radical (unpaired) electrons. The Bertz CT molecular complexity index is 24.8. The SMILES string of the molecule is [C-]#CC.[V+2]. The molecule has 0 aromatic carbocycles. The zero-order valence-electron chi connectivity index (χ0n) is 2.45. The summed E-state index contributed by atoms with van der Waals surface area (Å²) in [5.74, 6) is 2.00. The molecule has 0 aliphatic rings. The number of rotatable bonds is 0. The van der Waals surface area contributed by atoms with Crippen molar-refractivity contribution >= 4 is 0 Å². The molecule has 0 aliphatic carbocycles. The molecule has 0 saturated heterocycles. The Balaban J connectivity index is 0. The first kappa shape index (κ1) is 8.91. The third-order valence-electron chi connectivity index (χ3n) is 0. The van der Waals surface area contributed by atoms with Crippen molar-refractivity contribution in [3.8, 4) is 5.92 Å². The minimum Gasteiger partial charge on any atom is -0.694 e. The van der Waals surface area contributed by atoms with Gasteiger partial charge in [0.15, 0.2) is 0 Å². The summed E-state index contributed by atoms with van der Waals surface area (Å²) in [7, 11) is 0. The van der Waals surface area contributed by atoms with Crippen LogP contribution in [0.4, 0.5) is 0 Å².